The third-order valence-electron chi connectivity index (χ3n) is 2.13. The zero-order valence-electron chi connectivity index (χ0n) is 10.1. The van der Waals surface area contributed by atoms with Gasteiger partial charge in [0.2, 0.25) is 0 Å². The number of unbranched alkanes of at least 4 members (excludes halogenated alkanes) is 1. The lowest BCUT2D eigenvalue weighted by Gasteiger charge is -2.13. The number of aldehydes is 2. The fourth-order valence-electron chi connectivity index (χ4n) is 1.09. The smallest absolute Gasteiger partial charge is 0.125 e. The van der Waals surface area contributed by atoms with Crippen molar-refractivity contribution in [3.8, 4) is 0 Å². The first kappa shape index (κ1) is 16.7. The van der Waals surface area contributed by atoms with E-state index in [0.29, 0.717) is 6.42 Å². The molecule has 0 rings (SSSR count). The minimum atomic E-state index is -0.424. The fourth-order valence-corrected chi connectivity index (χ4v) is 1.09. The Morgan fingerprint density at radius 1 is 1.13 bits per heavy atom. The third kappa shape index (κ3) is 11.2. The Bertz CT molecular complexity index is 146. The van der Waals surface area contributed by atoms with Gasteiger partial charge in [-0.05, 0) is 19.3 Å². The Morgan fingerprint density at radius 3 is 1.93 bits per heavy atom. The summed E-state index contributed by atoms with van der Waals surface area (Å²) in [5.41, 5.74) is 0. The first-order valence-corrected chi connectivity index (χ1v) is 5.74. The van der Waals surface area contributed by atoms with Gasteiger partial charge in [-0.15, -0.1) is 0 Å². The van der Waals surface area contributed by atoms with E-state index in [9.17, 15) is 14.7 Å². The van der Waals surface area contributed by atoms with Crippen molar-refractivity contribution in [1.29, 1.82) is 0 Å². The molecule has 1 N–H and O–H groups in total. The average molecular weight is 216 g/mol. The SMILES string of the molecule is CCCC(O)C(C=O)CC.CCCC=O. The van der Waals surface area contributed by atoms with Gasteiger partial charge >= 0.3 is 0 Å². The largest absolute Gasteiger partial charge is 0.392 e. The lowest BCUT2D eigenvalue weighted by atomic mass is 9.98. The van der Waals surface area contributed by atoms with Crippen LogP contribution in [-0.4, -0.2) is 23.8 Å². The van der Waals surface area contributed by atoms with Crippen LogP contribution in [0.5, 0.6) is 0 Å². The highest BCUT2D eigenvalue weighted by molar-refractivity contribution is 5.54. The molecule has 3 heteroatoms. The summed E-state index contributed by atoms with van der Waals surface area (Å²) in [7, 11) is 0. The highest BCUT2D eigenvalue weighted by atomic mass is 16.3. The zero-order chi connectivity index (χ0) is 12.1. The zero-order valence-corrected chi connectivity index (χ0v) is 10.1. The molecule has 2 atom stereocenters. The number of aliphatic hydroxyl groups is 1. The molecule has 0 heterocycles. The van der Waals surface area contributed by atoms with Crippen LogP contribution >= 0.6 is 0 Å². The van der Waals surface area contributed by atoms with Crippen molar-refractivity contribution in [2.45, 2.75) is 59.0 Å². The van der Waals surface area contributed by atoms with E-state index in [-0.39, 0.29) is 5.92 Å². The molecule has 90 valence electrons. The van der Waals surface area contributed by atoms with Crippen LogP contribution in [0.3, 0.4) is 0 Å². The summed E-state index contributed by atoms with van der Waals surface area (Å²) < 4.78 is 0. The van der Waals surface area contributed by atoms with Crippen molar-refractivity contribution in [1.82, 2.24) is 0 Å². The van der Waals surface area contributed by atoms with Crippen LogP contribution in [0.15, 0.2) is 0 Å². The monoisotopic (exact) mass is 216 g/mol. The van der Waals surface area contributed by atoms with Crippen LogP contribution in [-0.2, 0) is 9.59 Å². The van der Waals surface area contributed by atoms with Gasteiger partial charge in [0.05, 0.1) is 6.10 Å². The summed E-state index contributed by atoms with van der Waals surface area (Å²) >= 11 is 0. The first-order valence-electron chi connectivity index (χ1n) is 5.74. The van der Waals surface area contributed by atoms with Crippen molar-refractivity contribution >= 4 is 12.6 Å². The molecule has 0 radical (unpaired) electrons. The molecule has 0 aliphatic heterocycles. The molecule has 0 aliphatic carbocycles. The number of rotatable bonds is 7. The Hall–Kier alpha value is -0.700. The van der Waals surface area contributed by atoms with Gasteiger partial charge in [0.25, 0.3) is 0 Å². The van der Waals surface area contributed by atoms with Gasteiger partial charge in [0.15, 0.2) is 0 Å². The predicted octanol–water partition coefficient (Wildman–Crippen LogP) is 2.36. The molecule has 0 aromatic heterocycles. The van der Waals surface area contributed by atoms with Crippen LogP contribution in [0.2, 0.25) is 0 Å². The average Bonchev–Trinajstić information content (AvgIpc) is 2.22. The molecule has 0 aliphatic rings. The topological polar surface area (TPSA) is 54.4 Å². The van der Waals surface area contributed by atoms with Crippen molar-refractivity contribution in [3.63, 3.8) is 0 Å². The molecule has 0 aromatic rings. The maximum atomic E-state index is 10.3. The number of hydrogen-bond acceptors (Lipinski definition) is 3. The molecule has 0 aromatic carbocycles. The molecule has 2 unspecified atom stereocenters. The Labute approximate surface area is 92.9 Å². The number of hydrogen-bond donors (Lipinski definition) is 1. The van der Waals surface area contributed by atoms with Gasteiger partial charge in [-0.3, -0.25) is 0 Å². The number of aliphatic hydroxyl groups excluding tert-OH is 1. The second kappa shape index (κ2) is 13.3. The van der Waals surface area contributed by atoms with Crippen LogP contribution in [0, 0.1) is 5.92 Å². The summed E-state index contributed by atoms with van der Waals surface area (Å²) in [6.45, 7) is 5.90. The highest BCUT2D eigenvalue weighted by Crippen LogP contribution is 2.10. The van der Waals surface area contributed by atoms with Crippen molar-refractivity contribution in [2.24, 2.45) is 5.92 Å². The maximum Gasteiger partial charge on any atom is 0.125 e. The lowest BCUT2D eigenvalue weighted by Crippen LogP contribution is -2.20. The Balaban J connectivity index is 0. The van der Waals surface area contributed by atoms with Gasteiger partial charge in [-0.25, -0.2) is 0 Å². The Kier molecular flexibility index (Phi) is 14.8. The Morgan fingerprint density at radius 2 is 1.73 bits per heavy atom. The summed E-state index contributed by atoms with van der Waals surface area (Å²) in [4.78, 5) is 19.7. The van der Waals surface area contributed by atoms with Crippen molar-refractivity contribution in [2.75, 3.05) is 0 Å². The third-order valence-corrected chi connectivity index (χ3v) is 2.13. The predicted molar refractivity (Wildman–Crippen MR) is 61.7 cm³/mol. The van der Waals surface area contributed by atoms with Crippen LogP contribution < -0.4 is 0 Å². The second-order valence-electron chi connectivity index (χ2n) is 3.52. The van der Waals surface area contributed by atoms with Gasteiger partial charge in [-0.1, -0.05) is 27.2 Å². The quantitative estimate of drug-likeness (QED) is 0.665. The van der Waals surface area contributed by atoms with E-state index in [1.807, 2.05) is 20.8 Å². The molecular formula is C12H24O3. The molecule has 3 nitrogen and oxygen atoms in total. The molecule has 15 heavy (non-hydrogen) atoms. The van der Waals surface area contributed by atoms with Crippen LogP contribution in [0.4, 0.5) is 0 Å². The van der Waals surface area contributed by atoms with E-state index < -0.39 is 6.10 Å². The van der Waals surface area contributed by atoms with Gasteiger partial charge in [0.1, 0.15) is 12.6 Å². The van der Waals surface area contributed by atoms with Gasteiger partial charge in [0, 0.05) is 12.3 Å². The summed E-state index contributed by atoms with van der Waals surface area (Å²) in [5, 5.41) is 9.28. The second-order valence-corrected chi connectivity index (χ2v) is 3.52. The van der Waals surface area contributed by atoms with Crippen LogP contribution in [0.1, 0.15) is 52.9 Å². The molecule has 0 saturated carbocycles. The van der Waals surface area contributed by atoms with E-state index >= 15 is 0 Å². The fraction of sp³-hybridized carbons (Fsp3) is 0.833. The van der Waals surface area contributed by atoms with E-state index in [2.05, 4.69) is 0 Å². The molecule has 0 fully saturated rings. The number of carbonyl (C=O) groups is 2. The molecule has 0 spiro atoms. The lowest BCUT2D eigenvalue weighted by molar-refractivity contribution is -0.114. The summed E-state index contributed by atoms with van der Waals surface area (Å²) in [6.07, 6.45) is 5.45. The van der Waals surface area contributed by atoms with E-state index in [1.165, 1.54) is 0 Å². The number of carbonyl (C=O) groups excluding carboxylic acids is 2. The molecule has 0 saturated heterocycles. The van der Waals surface area contributed by atoms with Crippen molar-refractivity contribution < 1.29 is 14.7 Å². The molecular weight excluding hydrogens is 192 g/mol. The van der Waals surface area contributed by atoms with Gasteiger partial charge in [-0.2, -0.15) is 0 Å². The standard InChI is InChI=1S/C8H16O2.C4H8O/c1-3-5-8(10)7(4-2)6-9;1-2-3-4-5/h6-8,10H,3-5H2,1-2H3;4H,2-3H2,1H3. The van der Waals surface area contributed by atoms with Gasteiger partial charge < -0.3 is 14.7 Å². The maximum absolute atomic E-state index is 10.3. The minimum Gasteiger partial charge on any atom is -0.392 e. The first-order chi connectivity index (χ1) is 7.17. The minimum absolute atomic E-state index is 0.153. The van der Waals surface area contributed by atoms with E-state index in [0.717, 1.165) is 38.3 Å². The normalized spacial score (nSPS) is 13.3. The van der Waals surface area contributed by atoms with E-state index in [4.69, 9.17) is 0 Å². The highest BCUT2D eigenvalue weighted by Gasteiger charge is 2.14. The molecule has 0 bridgehead atoms. The van der Waals surface area contributed by atoms with Crippen molar-refractivity contribution in [3.05, 3.63) is 0 Å². The summed E-state index contributed by atoms with van der Waals surface area (Å²) in [6, 6.07) is 0. The van der Waals surface area contributed by atoms with Crippen LogP contribution in [0.25, 0.3) is 0 Å². The molecule has 0 amide bonds. The summed E-state index contributed by atoms with van der Waals surface area (Å²) in [5.74, 6) is -0.153. The van der Waals surface area contributed by atoms with E-state index in [1.54, 1.807) is 0 Å².